The van der Waals surface area contributed by atoms with Crippen molar-refractivity contribution >= 4 is 15.9 Å². The number of hydrogen-bond acceptors (Lipinski definition) is 1. The second-order valence-electron chi connectivity index (χ2n) is 4.02. The van der Waals surface area contributed by atoms with Crippen LogP contribution in [0.5, 0.6) is 0 Å². The molecular formula is C12H18BrN. The summed E-state index contributed by atoms with van der Waals surface area (Å²) in [5.74, 6) is 0.719. The van der Waals surface area contributed by atoms with Crippen LogP contribution in [0.15, 0.2) is 28.7 Å². The summed E-state index contributed by atoms with van der Waals surface area (Å²) in [6.07, 6.45) is 1.18. The van der Waals surface area contributed by atoms with Crippen LogP contribution in [0.25, 0.3) is 0 Å². The first-order valence-electron chi connectivity index (χ1n) is 5.06. The zero-order valence-electron chi connectivity index (χ0n) is 9.05. The highest BCUT2D eigenvalue weighted by molar-refractivity contribution is 9.10. The van der Waals surface area contributed by atoms with E-state index < -0.39 is 0 Å². The first kappa shape index (κ1) is 11.7. The fourth-order valence-electron chi connectivity index (χ4n) is 1.59. The van der Waals surface area contributed by atoms with Gasteiger partial charge in [0.05, 0.1) is 0 Å². The maximum absolute atomic E-state index is 3.45. The lowest BCUT2D eigenvalue weighted by molar-refractivity contribution is 0.457. The van der Waals surface area contributed by atoms with Crippen LogP contribution in [0.4, 0.5) is 0 Å². The summed E-state index contributed by atoms with van der Waals surface area (Å²) in [5, 5.41) is 3.35. The Hall–Kier alpha value is -0.340. The van der Waals surface area contributed by atoms with E-state index in [1.165, 1.54) is 12.0 Å². The van der Waals surface area contributed by atoms with Gasteiger partial charge in [0.1, 0.15) is 0 Å². The number of nitrogens with one attached hydrogen (secondary N) is 1. The molecule has 0 amide bonds. The molecule has 0 aliphatic rings. The Kier molecular flexibility index (Phi) is 4.63. The van der Waals surface area contributed by atoms with Gasteiger partial charge in [0.15, 0.2) is 0 Å². The molecule has 0 radical (unpaired) electrons. The first-order valence-corrected chi connectivity index (χ1v) is 5.85. The van der Waals surface area contributed by atoms with Gasteiger partial charge in [-0.2, -0.15) is 0 Å². The van der Waals surface area contributed by atoms with Crippen LogP contribution in [0, 0.1) is 5.92 Å². The average molecular weight is 256 g/mol. The molecule has 1 atom stereocenters. The van der Waals surface area contributed by atoms with Crippen LogP contribution in [0.1, 0.15) is 31.9 Å². The minimum atomic E-state index is 0.475. The highest BCUT2D eigenvalue weighted by Gasteiger charge is 2.10. The van der Waals surface area contributed by atoms with Crippen molar-refractivity contribution in [2.45, 2.75) is 26.3 Å². The molecule has 1 rings (SSSR count). The predicted molar refractivity (Wildman–Crippen MR) is 65.4 cm³/mol. The lowest BCUT2D eigenvalue weighted by Gasteiger charge is -2.18. The van der Waals surface area contributed by atoms with E-state index in [2.05, 4.69) is 59.4 Å². The molecule has 0 saturated heterocycles. The largest absolute Gasteiger partial charge is 0.313 e. The molecule has 1 unspecified atom stereocenters. The fourth-order valence-corrected chi connectivity index (χ4v) is 1.85. The third kappa shape index (κ3) is 3.43. The Morgan fingerprint density at radius 3 is 2.21 bits per heavy atom. The molecule has 0 aromatic heterocycles. The summed E-state index contributed by atoms with van der Waals surface area (Å²) in [4.78, 5) is 0. The molecule has 78 valence electrons. The molecule has 1 aromatic rings. The number of halogens is 1. The normalized spacial score (nSPS) is 13.2. The molecule has 0 heterocycles. The molecule has 1 N–H and O–H groups in total. The Labute approximate surface area is 95.0 Å². The molecule has 14 heavy (non-hydrogen) atoms. The Morgan fingerprint density at radius 2 is 1.79 bits per heavy atom. The Morgan fingerprint density at radius 1 is 1.21 bits per heavy atom. The average Bonchev–Trinajstić information content (AvgIpc) is 2.15. The molecule has 0 saturated carbocycles. The van der Waals surface area contributed by atoms with Crippen molar-refractivity contribution in [2.24, 2.45) is 5.92 Å². The van der Waals surface area contributed by atoms with E-state index in [4.69, 9.17) is 0 Å². The van der Waals surface area contributed by atoms with Crippen molar-refractivity contribution < 1.29 is 0 Å². The van der Waals surface area contributed by atoms with Crippen molar-refractivity contribution in [2.75, 3.05) is 7.05 Å². The molecule has 0 aliphatic carbocycles. The van der Waals surface area contributed by atoms with Gasteiger partial charge in [0, 0.05) is 10.5 Å². The monoisotopic (exact) mass is 255 g/mol. The van der Waals surface area contributed by atoms with E-state index >= 15 is 0 Å². The smallest absolute Gasteiger partial charge is 0.0319 e. The molecule has 1 aromatic carbocycles. The van der Waals surface area contributed by atoms with Crippen LogP contribution in [-0.2, 0) is 0 Å². The number of hydrogen-bond donors (Lipinski definition) is 1. The fraction of sp³-hybridized carbons (Fsp3) is 0.500. The van der Waals surface area contributed by atoms with Gasteiger partial charge in [-0.05, 0) is 37.1 Å². The zero-order chi connectivity index (χ0) is 10.6. The van der Waals surface area contributed by atoms with E-state index in [9.17, 15) is 0 Å². The van der Waals surface area contributed by atoms with Gasteiger partial charge in [-0.15, -0.1) is 0 Å². The van der Waals surface area contributed by atoms with E-state index in [0.29, 0.717) is 6.04 Å². The minimum Gasteiger partial charge on any atom is -0.313 e. The van der Waals surface area contributed by atoms with Crippen LogP contribution in [-0.4, -0.2) is 7.05 Å². The molecule has 1 nitrogen and oxygen atoms in total. The van der Waals surface area contributed by atoms with Crippen LogP contribution < -0.4 is 5.32 Å². The van der Waals surface area contributed by atoms with Crippen LogP contribution >= 0.6 is 15.9 Å². The summed E-state index contributed by atoms with van der Waals surface area (Å²) >= 11 is 3.45. The maximum atomic E-state index is 3.45. The Bertz CT molecular complexity index is 266. The van der Waals surface area contributed by atoms with Gasteiger partial charge in [-0.3, -0.25) is 0 Å². The van der Waals surface area contributed by atoms with E-state index in [1.807, 2.05) is 7.05 Å². The first-order chi connectivity index (χ1) is 6.63. The van der Waals surface area contributed by atoms with Crippen LogP contribution in [0.2, 0.25) is 0 Å². The quantitative estimate of drug-likeness (QED) is 0.864. The third-order valence-corrected chi connectivity index (χ3v) is 2.86. The van der Waals surface area contributed by atoms with Crippen LogP contribution in [0.3, 0.4) is 0 Å². The maximum Gasteiger partial charge on any atom is 0.0319 e. The Balaban J connectivity index is 2.73. The van der Waals surface area contributed by atoms with Crippen molar-refractivity contribution in [1.29, 1.82) is 0 Å². The van der Waals surface area contributed by atoms with Gasteiger partial charge < -0.3 is 5.32 Å². The van der Waals surface area contributed by atoms with Gasteiger partial charge in [-0.25, -0.2) is 0 Å². The van der Waals surface area contributed by atoms with E-state index in [1.54, 1.807) is 0 Å². The van der Waals surface area contributed by atoms with Gasteiger partial charge in [0.25, 0.3) is 0 Å². The van der Waals surface area contributed by atoms with E-state index in [0.717, 1.165) is 10.4 Å². The lowest BCUT2D eigenvalue weighted by Crippen LogP contribution is -2.18. The van der Waals surface area contributed by atoms with Gasteiger partial charge in [0.2, 0.25) is 0 Å². The third-order valence-electron chi connectivity index (χ3n) is 2.33. The molecule has 2 heteroatoms. The van der Waals surface area contributed by atoms with Crippen molar-refractivity contribution in [3.05, 3.63) is 34.3 Å². The summed E-state index contributed by atoms with van der Waals surface area (Å²) in [6.45, 7) is 4.51. The highest BCUT2D eigenvalue weighted by atomic mass is 79.9. The zero-order valence-corrected chi connectivity index (χ0v) is 10.6. The van der Waals surface area contributed by atoms with Gasteiger partial charge in [-0.1, -0.05) is 41.9 Å². The molecule has 0 fully saturated rings. The second kappa shape index (κ2) is 5.52. The molecule has 0 aliphatic heterocycles. The van der Waals surface area contributed by atoms with Crippen molar-refractivity contribution in [1.82, 2.24) is 5.32 Å². The second-order valence-corrected chi connectivity index (χ2v) is 4.94. The summed E-state index contributed by atoms with van der Waals surface area (Å²) in [5.41, 5.74) is 1.37. The molecule has 0 spiro atoms. The lowest BCUT2D eigenvalue weighted by atomic mass is 9.97. The van der Waals surface area contributed by atoms with E-state index in [-0.39, 0.29) is 0 Å². The highest BCUT2D eigenvalue weighted by Crippen LogP contribution is 2.22. The number of benzene rings is 1. The number of rotatable bonds is 4. The summed E-state index contributed by atoms with van der Waals surface area (Å²) in [7, 11) is 2.02. The summed E-state index contributed by atoms with van der Waals surface area (Å²) in [6, 6.07) is 9.02. The SMILES string of the molecule is CNC(CC(C)C)c1ccc(Br)cc1. The minimum absolute atomic E-state index is 0.475. The van der Waals surface area contributed by atoms with Crippen molar-refractivity contribution in [3.63, 3.8) is 0 Å². The molecule has 0 bridgehead atoms. The van der Waals surface area contributed by atoms with Crippen molar-refractivity contribution in [3.8, 4) is 0 Å². The topological polar surface area (TPSA) is 12.0 Å². The van der Waals surface area contributed by atoms with Gasteiger partial charge >= 0.3 is 0 Å². The standard InChI is InChI=1S/C12H18BrN/c1-9(2)8-12(14-3)10-4-6-11(13)7-5-10/h4-7,9,12,14H,8H2,1-3H3. The summed E-state index contributed by atoms with van der Waals surface area (Å²) < 4.78 is 1.14. The molecular weight excluding hydrogens is 238 g/mol. The predicted octanol–water partition coefficient (Wildman–Crippen LogP) is 3.76.